The van der Waals surface area contributed by atoms with Crippen LogP contribution in [0.25, 0.3) is 6.08 Å². The first-order chi connectivity index (χ1) is 13.4. The SMILES string of the molecule is COC(=O)C1=C(C)N(c2cccc(SC)c2)C(=O)/C1=C\c1ccc(Cl)c(Cl)c1. The summed E-state index contributed by atoms with van der Waals surface area (Å²) in [6, 6.07) is 12.6. The Morgan fingerprint density at radius 3 is 2.54 bits per heavy atom. The molecule has 0 spiro atoms. The molecule has 2 aromatic carbocycles. The zero-order chi connectivity index (χ0) is 20.4. The van der Waals surface area contributed by atoms with E-state index in [1.54, 1.807) is 43.0 Å². The summed E-state index contributed by atoms with van der Waals surface area (Å²) in [4.78, 5) is 28.2. The van der Waals surface area contributed by atoms with Crippen LogP contribution in [0.1, 0.15) is 12.5 Å². The summed E-state index contributed by atoms with van der Waals surface area (Å²) in [6.07, 6.45) is 3.59. The number of ether oxygens (including phenoxy) is 1. The lowest BCUT2D eigenvalue weighted by Gasteiger charge is -2.18. The molecular weight excluding hydrogens is 417 g/mol. The molecule has 0 saturated carbocycles. The molecule has 0 aliphatic carbocycles. The first-order valence-electron chi connectivity index (χ1n) is 8.32. The van der Waals surface area contributed by atoms with Crippen molar-refractivity contribution < 1.29 is 14.3 Å². The van der Waals surface area contributed by atoms with Crippen LogP contribution in [0, 0.1) is 0 Å². The van der Waals surface area contributed by atoms with E-state index in [0.29, 0.717) is 27.0 Å². The van der Waals surface area contributed by atoms with Gasteiger partial charge < -0.3 is 4.74 Å². The van der Waals surface area contributed by atoms with E-state index in [1.807, 2.05) is 30.5 Å². The summed E-state index contributed by atoms with van der Waals surface area (Å²) in [5.74, 6) is -0.872. The molecule has 0 atom stereocenters. The number of anilines is 1. The number of amides is 1. The molecule has 0 unspecified atom stereocenters. The van der Waals surface area contributed by atoms with Gasteiger partial charge in [-0.25, -0.2) is 4.79 Å². The molecule has 1 heterocycles. The predicted octanol–water partition coefficient (Wildman–Crippen LogP) is 5.59. The Hall–Kier alpha value is -2.21. The maximum absolute atomic E-state index is 13.2. The van der Waals surface area contributed by atoms with Crippen LogP contribution >= 0.6 is 35.0 Å². The van der Waals surface area contributed by atoms with Gasteiger partial charge in [-0.2, -0.15) is 0 Å². The van der Waals surface area contributed by atoms with Crippen molar-refractivity contribution in [2.45, 2.75) is 11.8 Å². The summed E-state index contributed by atoms with van der Waals surface area (Å²) in [6.45, 7) is 1.73. The maximum atomic E-state index is 13.2. The number of thioether (sulfide) groups is 1. The fourth-order valence-corrected chi connectivity index (χ4v) is 3.77. The van der Waals surface area contributed by atoms with Crippen molar-refractivity contribution in [1.29, 1.82) is 0 Å². The van der Waals surface area contributed by atoms with Crippen molar-refractivity contribution in [3.05, 3.63) is 74.9 Å². The monoisotopic (exact) mass is 433 g/mol. The number of carbonyl (C=O) groups is 2. The number of rotatable bonds is 4. The summed E-state index contributed by atoms with van der Waals surface area (Å²) < 4.78 is 4.92. The summed E-state index contributed by atoms with van der Waals surface area (Å²) >= 11 is 13.6. The third-order valence-corrected chi connectivity index (χ3v) is 5.82. The second kappa shape index (κ2) is 8.43. The highest BCUT2D eigenvalue weighted by Gasteiger charge is 2.37. The van der Waals surface area contributed by atoms with Crippen molar-refractivity contribution in [1.82, 2.24) is 0 Å². The molecule has 1 aliphatic rings. The molecule has 2 aromatic rings. The Balaban J connectivity index is 2.14. The van der Waals surface area contributed by atoms with Crippen LogP contribution in [0.2, 0.25) is 10.0 Å². The molecule has 0 fully saturated rings. The van der Waals surface area contributed by atoms with E-state index < -0.39 is 5.97 Å². The third-order valence-electron chi connectivity index (χ3n) is 4.36. The third kappa shape index (κ3) is 3.83. The summed E-state index contributed by atoms with van der Waals surface area (Å²) in [5, 5.41) is 0.781. The van der Waals surface area contributed by atoms with Gasteiger partial charge in [-0.3, -0.25) is 9.69 Å². The lowest BCUT2D eigenvalue weighted by molar-refractivity contribution is -0.136. The second-order valence-corrected chi connectivity index (χ2v) is 7.72. The number of nitrogens with zero attached hydrogens (tertiary/aromatic N) is 1. The molecular formula is C21H17Cl2NO3S. The summed E-state index contributed by atoms with van der Waals surface area (Å²) in [7, 11) is 1.29. The van der Waals surface area contributed by atoms with E-state index in [0.717, 1.165) is 4.90 Å². The number of methoxy groups -OCH3 is 1. The Morgan fingerprint density at radius 2 is 1.89 bits per heavy atom. The Kier molecular flexibility index (Phi) is 6.18. The number of carbonyl (C=O) groups excluding carboxylic acids is 2. The van der Waals surface area contributed by atoms with Gasteiger partial charge in [0.15, 0.2) is 0 Å². The molecule has 144 valence electrons. The van der Waals surface area contributed by atoms with E-state index in [9.17, 15) is 9.59 Å². The predicted molar refractivity (Wildman–Crippen MR) is 115 cm³/mol. The number of benzene rings is 2. The van der Waals surface area contributed by atoms with Crippen LogP contribution in [0.5, 0.6) is 0 Å². The Bertz CT molecular complexity index is 1030. The van der Waals surface area contributed by atoms with Crippen LogP contribution in [0.3, 0.4) is 0 Å². The minimum absolute atomic E-state index is 0.230. The number of hydrogen-bond acceptors (Lipinski definition) is 4. The van der Waals surface area contributed by atoms with E-state index in [1.165, 1.54) is 12.0 Å². The smallest absolute Gasteiger partial charge is 0.340 e. The van der Waals surface area contributed by atoms with Crippen molar-refractivity contribution in [2.24, 2.45) is 0 Å². The van der Waals surface area contributed by atoms with Gasteiger partial charge in [0.2, 0.25) is 0 Å². The number of halogens is 2. The fourth-order valence-electron chi connectivity index (χ4n) is 3.01. The van der Waals surface area contributed by atoms with Gasteiger partial charge in [0.25, 0.3) is 5.91 Å². The van der Waals surface area contributed by atoms with E-state index >= 15 is 0 Å². The quantitative estimate of drug-likeness (QED) is 0.358. The minimum Gasteiger partial charge on any atom is -0.465 e. The molecule has 28 heavy (non-hydrogen) atoms. The largest absolute Gasteiger partial charge is 0.465 e. The van der Waals surface area contributed by atoms with Gasteiger partial charge in [0.1, 0.15) is 0 Å². The van der Waals surface area contributed by atoms with Crippen LogP contribution in [-0.4, -0.2) is 25.2 Å². The van der Waals surface area contributed by atoms with Crippen molar-refractivity contribution in [3.63, 3.8) is 0 Å². The van der Waals surface area contributed by atoms with Crippen molar-refractivity contribution in [3.8, 4) is 0 Å². The molecule has 7 heteroatoms. The topological polar surface area (TPSA) is 46.6 Å². The highest BCUT2D eigenvalue weighted by Crippen LogP contribution is 2.37. The maximum Gasteiger partial charge on any atom is 0.340 e. The summed E-state index contributed by atoms with van der Waals surface area (Å²) in [5.41, 5.74) is 2.34. The lowest BCUT2D eigenvalue weighted by Crippen LogP contribution is -2.24. The van der Waals surface area contributed by atoms with Crippen molar-refractivity contribution >= 4 is 58.6 Å². The highest BCUT2D eigenvalue weighted by molar-refractivity contribution is 7.98. The molecule has 0 N–H and O–H groups in total. The van der Waals surface area contributed by atoms with E-state index in [2.05, 4.69) is 0 Å². The van der Waals surface area contributed by atoms with E-state index in [-0.39, 0.29) is 17.1 Å². The molecule has 0 radical (unpaired) electrons. The first-order valence-corrected chi connectivity index (χ1v) is 10.3. The van der Waals surface area contributed by atoms with Crippen LogP contribution in [0.15, 0.2) is 64.2 Å². The molecule has 3 rings (SSSR count). The van der Waals surface area contributed by atoms with Gasteiger partial charge in [0.05, 0.1) is 34.0 Å². The van der Waals surface area contributed by atoms with Gasteiger partial charge in [-0.1, -0.05) is 35.3 Å². The Labute approximate surface area is 177 Å². The Morgan fingerprint density at radius 1 is 1.14 bits per heavy atom. The minimum atomic E-state index is -0.569. The van der Waals surface area contributed by atoms with Gasteiger partial charge >= 0.3 is 5.97 Å². The normalized spacial score (nSPS) is 15.5. The fraction of sp³-hybridized carbons (Fsp3) is 0.143. The molecule has 4 nitrogen and oxygen atoms in total. The average Bonchev–Trinajstić information content (AvgIpc) is 2.94. The van der Waals surface area contributed by atoms with Gasteiger partial charge in [0, 0.05) is 10.6 Å². The van der Waals surface area contributed by atoms with Crippen LogP contribution < -0.4 is 4.90 Å². The first kappa shape index (κ1) is 20.5. The van der Waals surface area contributed by atoms with Gasteiger partial charge in [-0.15, -0.1) is 11.8 Å². The average molecular weight is 434 g/mol. The van der Waals surface area contributed by atoms with E-state index in [4.69, 9.17) is 27.9 Å². The molecule has 1 amide bonds. The molecule has 0 aromatic heterocycles. The van der Waals surface area contributed by atoms with Crippen LogP contribution in [-0.2, 0) is 14.3 Å². The van der Waals surface area contributed by atoms with Gasteiger partial charge in [-0.05, 0) is 55.2 Å². The lowest BCUT2D eigenvalue weighted by atomic mass is 10.0. The van der Waals surface area contributed by atoms with Crippen molar-refractivity contribution in [2.75, 3.05) is 18.3 Å². The highest BCUT2D eigenvalue weighted by atomic mass is 35.5. The number of allylic oxidation sites excluding steroid dienone is 1. The van der Waals surface area contributed by atoms with Crippen LogP contribution in [0.4, 0.5) is 5.69 Å². The standard InChI is InChI=1S/C21H17Cl2NO3S/c1-12-19(21(26)27-2)16(9-13-7-8-17(22)18(23)10-13)20(25)24(12)14-5-4-6-15(11-14)28-3/h4-11H,1-3H3/b16-9-. The second-order valence-electron chi connectivity index (χ2n) is 6.03. The molecule has 1 aliphatic heterocycles. The number of hydrogen-bond donors (Lipinski definition) is 0. The molecule has 0 bridgehead atoms. The molecule has 0 saturated heterocycles. The zero-order valence-electron chi connectivity index (χ0n) is 15.5. The number of esters is 1. The zero-order valence-corrected chi connectivity index (χ0v) is 17.8.